The van der Waals surface area contributed by atoms with E-state index in [4.69, 9.17) is 4.42 Å². The first-order chi connectivity index (χ1) is 9.70. The quantitative estimate of drug-likeness (QED) is 0.881. The molecule has 0 bridgehead atoms. The van der Waals surface area contributed by atoms with Crippen LogP contribution in [0.25, 0.3) is 11.5 Å². The van der Waals surface area contributed by atoms with Gasteiger partial charge in [0.05, 0.1) is 6.54 Å². The van der Waals surface area contributed by atoms with Gasteiger partial charge < -0.3 is 14.5 Å². The van der Waals surface area contributed by atoms with Gasteiger partial charge in [0.2, 0.25) is 11.8 Å². The molecule has 1 heterocycles. The minimum atomic E-state index is -2.86. The van der Waals surface area contributed by atoms with E-state index in [1.807, 2.05) is 0 Å². The maximum Gasteiger partial charge on any atom is 0.387 e. The van der Waals surface area contributed by atoms with Crippen molar-refractivity contribution in [2.75, 3.05) is 0 Å². The molecule has 1 aliphatic carbocycles. The minimum absolute atomic E-state index is 0.0633. The van der Waals surface area contributed by atoms with E-state index in [2.05, 4.69) is 20.3 Å². The van der Waals surface area contributed by atoms with Crippen molar-refractivity contribution in [3.63, 3.8) is 0 Å². The van der Waals surface area contributed by atoms with Gasteiger partial charge in [0.15, 0.2) is 0 Å². The number of nitrogens with zero attached hydrogens (tertiary/aromatic N) is 2. The van der Waals surface area contributed by atoms with Gasteiger partial charge in [-0.1, -0.05) is 6.07 Å². The zero-order valence-corrected chi connectivity index (χ0v) is 10.6. The molecule has 0 aliphatic heterocycles. The molecule has 0 spiro atoms. The van der Waals surface area contributed by atoms with Gasteiger partial charge in [0, 0.05) is 11.6 Å². The first-order valence-electron chi connectivity index (χ1n) is 6.32. The molecule has 1 aromatic heterocycles. The fourth-order valence-electron chi connectivity index (χ4n) is 1.77. The molecule has 1 fully saturated rings. The Hall–Kier alpha value is -2.02. The van der Waals surface area contributed by atoms with Gasteiger partial charge in [-0.3, -0.25) is 0 Å². The number of hydrogen-bond donors (Lipinski definition) is 1. The summed E-state index contributed by atoms with van der Waals surface area (Å²) in [6.07, 6.45) is 2.35. The molecule has 1 aromatic carbocycles. The van der Waals surface area contributed by atoms with Crippen LogP contribution >= 0.6 is 0 Å². The van der Waals surface area contributed by atoms with E-state index in [1.165, 1.54) is 25.0 Å². The second kappa shape index (κ2) is 5.54. The third-order valence-electron chi connectivity index (χ3n) is 2.89. The SMILES string of the molecule is FC(F)Oc1cccc(-c2nnc(CNC3CC3)o2)c1. The van der Waals surface area contributed by atoms with Gasteiger partial charge in [-0.2, -0.15) is 8.78 Å². The fraction of sp³-hybridized carbons (Fsp3) is 0.385. The summed E-state index contributed by atoms with van der Waals surface area (Å²) in [6.45, 7) is -2.34. The molecule has 1 N–H and O–H groups in total. The summed E-state index contributed by atoms with van der Waals surface area (Å²) in [5, 5.41) is 11.1. The molecule has 0 amide bonds. The molecule has 0 radical (unpaired) electrons. The Kier molecular flexibility index (Phi) is 3.60. The van der Waals surface area contributed by atoms with Crippen LogP contribution in [0.5, 0.6) is 5.75 Å². The highest BCUT2D eigenvalue weighted by Crippen LogP contribution is 2.24. The predicted octanol–water partition coefficient (Wildman–Crippen LogP) is 2.59. The van der Waals surface area contributed by atoms with E-state index in [9.17, 15) is 8.78 Å². The Bertz CT molecular complexity index is 585. The van der Waals surface area contributed by atoms with Crippen molar-refractivity contribution in [2.45, 2.75) is 32.0 Å². The first-order valence-corrected chi connectivity index (χ1v) is 6.32. The highest BCUT2D eigenvalue weighted by Gasteiger charge is 2.21. The Labute approximate surface area is 114 Å². The molecular weight excluding hydrogens is 268 g/mol. The molecule has 0 unspecified atom stereocenters. The van der Waals surface area contributed by atoms with Crippen LogP contribution < -0.4 is 10.1 Å². The summed E-state index contributed by atoms with van der Waals surface area (Å²) in [6, 6.07) is 6.73. The van der Waals surface area contributed by atoms with Crippen molar-refractivity contribution in [2.24, 2.45) is 0 Å². The predicted molar refractivity (Wildman–Crippen MR) is 66.2 cm³/mol. The third-order valence-corrected chi connectivity index (χ3v) is 2.89. The van der Waals surface area contributed by atoms with Crippen molar-refractivity contribution in [1.29, 1.82) is 0 Å². The van der Waals surface area contributed by atoms with Crippen molar-refractivity contribution in [1.82, 2.24) is 15.5 Å². The minimum Gasteiger partial charge on any atom is -0.435 e. The molecule has 20 heavy (non-hydrogen) atoms. The van der Waals surface area contributed by atoms with Crippen molar-refractivity contribution < 1.29 is 17.9 Å². The van der Waals surface area contributed by atoms with Crippen LogP contribution in [-0.4, -0.2) is 22.9 Å². The molecule has 1 saturated carbocycles. The molecule has 0 saturated heterocycles. The van der Waals surface area contributed by atoms with Crippen LogP contribution in [0.15, 0.2) is 28.7 Å². The fourth-order valence-corrected chi connectivity index (χ4v) is 1.77. The van der Waals surface area contributed by atoms with E-state index < -0.39 is 6.61 Å². The van der Waals surface area contributed by atoms with Crippen molar-refractivity contribution >= 4 is 0 Å². The lowest BCUT2D eigenvalue weighted by Crippen LogP contribution is -2.15. The summed E-state index contributed by atoms with van der Waals surface area (Å²) in [5.74, 6) is 0.831. The molecule has 106 valence electrons. The van der Waals surface area contributed by atoms with Gasteiger partial charge in [0.25, 0.3) is 0 Å². The highest BCUT2D eigenvalue weighted by atomic mass is 19.3. The highest BCUT2D eigenvalue weighted by molar-refractivity contribution is 5.55. The van der Waals surface area contributed by atoms with E-state index in [-0.39, 0.29) is 11.6 Å². The number of rotatable bonds is 6. The summed E-state index contributed by atoms with van der Waals surface area (Å²) < 4.78 is 34.1. The first kappa shape index (κ1) is 13.0. The van der Waals surface area contributed by atoms with Crippen molar-refractivity contribution in [3.8, 4) is 17.2 Å². The smallest absolute Gasteiger partial charge is 0.387 e. The summed E-state index contributed by atoms with van der Waals surface area (Å²) in [7, 11) is 0. The van der Waals surface area contributed by atoms with E-state index in [0.717, 1.165) is 0 Å². The van der Waals surface area contributed by atoms with Crippen LogP contribution in [0, 0.1) is 0 Å². The lowest BCUT2D eigenvalue weighted by Gasteiger charge is -2.04. The van der Waals surface area contributed by atoms with Crippen LogP contribution in [0.4, 0.5) is 8.78 Å². The third kappa shape index (κ3) is 3.30. The Balaban J connectivity index is 1.71. The number of hydrogen-bond acceptors (Lipinski definition) is 5. The molecule has 3 rings (SSSR count). The number of nitrogens with one attached hydrogen (secondary N) is 1. The molecular formula is C13H13F2N3O2. The van der Waals surface area contributed by atoms with E-state index in [1.54, 1.807) is 12.1 Å². The Morgan fingerprint density at radius 2 is 2.20 bits per heavy atom. The molecule has 5 nitrogen and oxygen atoms in total. The summed E-state index contributed by atoms with van der Waals surface area (Å²) in [4.78, 5) is 0. The number of alkyl halides is 2. The number of ether oxygens (including phenoxy) is 1. The lowest BCUT2D eigenvalue weighted by atomic mass is 10.2. The second-order valence-electron chi connectivity index (χ2n) is 4.56. The molecule has 1 aliphatic rings. The topological polar surface area (TPSA) is 60.2 Å². The standard InChI is InChI=1S/C13H13F2N3O2/c14-13(15)19-10-3-1-2-8(6-10)12-18-17-11(20-12)7-16-9-4-5-9/h1-3,6,9,13,16H,4-5,7H2. The maximum atomic E-state index is 12.2. The van der Waals surface area contributed by atoms with Gasteiger partial charge in [-0.25, -0.2) is 0 Å². The lowest BCUT2D eigenvalue weighted by molar-refractivity contribution is -0.0498. The Morgan fingerprint density at radius 3 is 2.95 bits per heavy atom. The summed E-state index contributed by atoms with van der Waals surface area (Å²) in [5.41, 5.74) is 0.549. The van der Waals surface area contributed by atoms with Gasteiger partial charge in [-0.05, 0) is 31.0 Å². The van der Waals surface area contributed by atoms with Gasteiger partial charge in [0.1, 0.15) is 5.75 Å². The molecule has 7 heteroatoms. The van der Waals surface area contributed by atoms with Crippen molar-refractivity contribution in [3.05, 3.63) is 30.2 Å². The normalized spacial score (nSPS) is 14.8. The number of benzene rings is 1. The van der Waals surface area contributed by atoms with Crippen LogP contribution in [0.3, 0.4) is 0 Å². The monoisotopic (exact) mass is 281 g/mol. The number of halogens is 2. The van der Waals surface area contributed by atoms with E-state index >= 15 is 0 Å². The Morgan fingerprint density at radius 1 is 1.35 bits per heavy atom. The van der Waals surface area contributed by atoms with Crippen LogP contribution in [0.1, 0.15) is 18.7 Å². The number of aromatic nitrogens is 2. The van der Waals surface area contributed by atoms with Gasteiger partial charge in [-0.15, -0.1) is 10.2 Å². The average Bonchev–Trinajstić information content (AvgIpc) is 3.13. The zero-order valence-electron chi connectivity index (χ0n) is 10.6. The largest absolute Gasteiger partial charge is 0.435 e. The molecule has 2 aromatic rings. The summed E-state index contributed by atoms with van der Waals surface area (Å²) >= 11 is 0. The second-order valence-corrected chi connectivity index (χ2v) is 4.56. The maximum absolute atomic E-state index is 12.2. The average molecular weight is 281 g/mol. The van der Waals surface area contributed by atoms with Gasteiger partial charge >= 0.3 is 6.61 Å². The van der Waals surface area contributed by atoms with E-state index in [0.29, 0.717) is 24.0 Å². The van der Waals surface area contributed by atoms with Crippen LogP contribution in [-0.2, 0) is 6.54 Å². The zero-order chi connectivity index (χ0) is 13.9. The molecule has 0 atom stereocenters. The van der Waals surface area contributed by atoms with Crippen LogP contribution in [0.2, 0.25) is 0 Å².